The zero-order chi connectivity index (χ0) is 45.2. The van der Waals surface area contributed by atoms with Crippen molar-refractivity contribution in [3.05, 3.63) is 0 Å². The van der Waals surface area contributed by atoms with Crippen molar-refractivity contribution >= 4 is 41.4 Å². The third-order valence-electron chi connectivity index (χ3n) is 11.1. The second kappa shape index (κ2) is 41.6. The number of hydrogen-bond acceptors (Lipinski definition) is 7. The molecule has 0 aliphatic heterocycles. The van der Waals surface area contributed by atoms with Gasteiger partial charge >= 0.3 is 5.97 Å². The van der Waals surface area contributed by atoms with Gasteiger partial charge < -0.3 is 37.0 Å². The number of carboxylic acids is 1. The van der Waals surface area contributed by atoms with Crippen LogP contribution in [0.25, 0.3) is 0 Å². The molecule has 2 atom stereocenters. The molecule has 0 aromatic heterocycles. The predicted octanol–water partition coefficient (Wildman–Crippen LogP) is 7.66. The van der Waals surface area contributed by atoms with E-state index < -0.39 is 61.2 Å². The van der Waals surface area contributed by atoms with E-state index in [4.69, 9.17) is 0 Å². The topological polar surface area (TPSA) is 212 Å². The summed E-state index contributed by atoms with van der Waals surface area (Å²) in [5, 5.41) is 24.4. The van der Waals surface area contributed by atoms with Crippen LogP contribution in [0.4, 0.5) is 0 Å². The molecule has 61 heavy (non-hydrogen) atoms. The van der Waals surface area contributed by atoms with Gasteiger partial charge in [-0.2, -0.15) is 0 Å². The van der Waals surface area contributed by atoms with Gasteiger partial charge in [-0.15, -0.1) is 0 Å². The highest BCUT2D eigenvalue weighted by Gasteiger charge is 2.25. The Morgan fingerprint density at radius 3 is 1.21 bits per heavy atom. The lowest BCUT2D eigenvalue weighted by atomic mass is 10.0. The molecule has 0 aromatic rings. The Kier molecular flexibility index (Phi) is 39.1. The summed E-state index contributed by atoms with van der Waals surface area (Å²) in [5.41, 5.74) is 0. The van der Waals surface area contributed by atoms with Crippen LogP contribution in [-0.2, 0) is 33.6 Å². The van der Waals surface area contributed by atoms with Crippen LogP contribution in [-0.4, -0.2) is 85.3 Å². The molecular formula is C47H88N6O8. The SMILES string of the molecule is CCCCCCCCCCCCCCCC(=O)NCCCC[C@H](NC(=O)CCCCCCCCCCCCCCC)C(=O)NCC(=O)N[C@@H](CC(=O)O)C(=O)NCC(=O)NC. The van der Waals surface area contributed by atoms with Crippen molar-refractivity contribution in [3.63, 3.8) is 0 Å². The van der Waals surface area contributed by atoms with Crippen LogP contribution in [0.5, 0.6) is 0 Å². The van der Waals surface area contributed by atoms with Crippen LogP contribution < -0.4 is 31.9 Å². The lowest BCUT2D eigenvalue weighted by Crippen LogP contribution is -2.53. The fourth-order valence-corrected chi connectivity index (χ4v) is 7.23. The normalized spacial score (nSPS) is 11.9. The molecule has 0 rings (SSSR count). The summed E-state index contributed by atoms with van der Waals surface area (Å²) in [4.78, 5) is 86.6. The van der Waals surface area contributed by atoms with Crippen LogP contribution >= 0.6 is 0 Å². The summed E-state index contributed by atoms with van der Waals surface area (Å²) in [6.45, 7) is 3.97. The van der Waals surface area contributed by atoms with Gasteiger partial charge in [0.2, 0.25) is 35.4 Å². The molecular weight excluding hydrogens is 777 g/mol. The lowest BCUT2D eigenvalue weighted by molar-refractivity contribution is -0.140. The molecule has 0 aliphatic rings. The first-order valence-electron chi connectivity index (χ1n) is 24.4. The molecule has 0 radical (unpaired) electrons. The van der Waals surface area contributed by atoms with E-state index in [2.05, 4.69) is 45.7 Å². The summed E-state index contributed by atoms with van der Waals surface area (Å²) in [6, 6.07) is -2.39. The highest BCUT2D eigenvalue weighted by atomic mass is 16.4. The minimum absolute atomic E-state index is 0.0120. The van der Waals surface area contributed by atoms with Crippen LogP contribution in [0.1, 0.15) is 219 Å². The first kappa shape index (κ1) is 57.3. The van der Waals surface area contributed by atoms with Crippen molar-refractivity contribution in [1.82, 2.24) is 31.9 Å². The van der Waals surface area contributed by atoms with Gasteiger partial charge in [0.15, 0.2) is 0 Å². The molecule has 7 N–H and O–H groups in total. The molecule has 0 bridgehead atoms. The quantitative estimate of drug-likeness (QED) is 0.0302. The zero-order valence-electron chi connectivity index (χ0n) is 38.7. The number of hydrogen-bond donors (Lipinski definition) is 7. The highest BCUT2D eigenvalue weighted by molar-refractivity contribution is 5.94. The number of aliphatic carboxylic acids is 1. The van der Waals surface area contributed by atoms with E-state index in [1.807, 2.05) is 0 Å². The average Bonchev–Trinajstić information content (AvgIpc) is 3.24. The molecule has 354 valence electrons. The van der Waals surface area contributed by atoms with Crippen molar-refractivity contribution in [1.29, 1.82) is 0 Å². The number of rotatable bonds is 43. The van der Waals surface area contributed by atoms with E-state index >= 15 is 0 Å². The Hall–Kier alpha value is -3.71. The van der Waals surface area contributed by atoms with E-state index in [-0.39, 0.29) is 24.7 Å². The Labute approximate surface area is 369 Å². The third kappa shape index (κ3) is 37.8. The molecule has 0 aromatic carbocycles. The molecule has 0 unspecified atom stereocenters. The van der Waals surface area contributed by atoms with Gasteiger partial charge in [-0.1, -0.05) is 168 Å². The Morgan fingerprint density at radius 1 is 0.410 bits per heavy atom. The summed E-state index contributed by atoms with van der Waals surface area (Å²) >= 11 is 0. The van der Waals surface area contributed by atoms with Gasteiger partial charge in [0.05, 0.1) is 19.5 Å². The standard InChI is InChI=1S/C47H88N6O8/c1-4-6-8-10-12-14-16-18-20-22-24-26-28-33-41(54)49-35-31-30-32-39(52-42(55)34-29-27-25-23-21-19-17-15-13-11-9-7-5-2)46(60)51-38-44(57)53-40(36-45(58)59)47(61)50-37-43(56)48-3/h39-40H,4-38H2,1-3H3,(H,48,56)(H,49,54)(H,50,61)(H,51,60)(H,52,55)(H,53,57)(H,58,59)/t39-,40-/m0/s1. The van der Waals surface area contributed by atoms with Gasteiger partial charge in [0.25, 0.3) is 0 Å². The van der Waals surface area contributed by atoms with Crippen LogP contribution in [0.2, 0.25) is 0 Å². The fourth-order valence-electron chi connectivity index (χ4n) is 7.23. The number of likely N-dealkylation sites (N-methyl/N-ethyl adjacent to an activating group) is 1. The van der Waals surface area contributed by atoms with Gasteiger partial charge in [0.1, 0.15) is 12.1 Å². The van der Waals surface area contributed by atoms with Gasteiger partial charge in [0, 0.05) is 26.4 Å². The number of carbonyl (C=O) groups is 7. The van der Waals surface area contributed by atoms with Crippen LogP contribution in [0.15, 0.2) is 0 Å². The molecule has 0 fully saturated rings. The molecule has 6 amide bonds. The molecule has 0 saturated carbocycles. The summed E-state index contributed by atoms with van der Waals surface area (Å²) in [6.07, 6.45) is 33.2. The molecule has 0 heterocycles. The maximum atomic E-state index is 13.3. The molecule has 0 saturated heterocycles. The highest BCUT2D eigenvalue weighted by Crippen LogP contribution is 2.15. The third-order valence-corrected chi connectivity index (χ3v) is 11.1. The minimum Gasteiger partial charge on any atom is -0.481 e. The number of nitrogens with one attached hydrogen (secondary N) is 6. The zero-order valence-corrected chi connectivity index (χ0v) is 38.7. The van der Waals surface area contributed by atoms with E-state index in [1.54, 1.807) is 0 Å². The Morgan fingerprint density at radius 2 is 0.787 bits per heavy atom. The van der Waals surface area contributed by atoms with Crippen molar-refractivity contribution < 1.29 is 38.7 Å². The van der Waals surface area contributed by atoms with Gasteiger partial charge in [-0.25, -0.2) is 0 Å². The smallest absolute Gasteiger partial charge is 0.305 e. The molecule has 0 spiro atoms. The van der Waals surface area contributed by atoms with Crippen molar-refractivity contribution in [3.8, 4) is 0 Å². The Balaban J connectivity index is 4.76. The lowest BCUT2D eigenvalue weighted by Gasteiger charge is -2.20. The minimum atomic E-state index is -1.47. The summed E-state index contributed by atoms with van der Waals surface area (Å²) in [7, 11) is 1.38. The van der Waals surface area contributed by atoms with Crippen molar-refractivity contribution in [2.45, 2.75) is 231 Å². The first-order chi connectivity index (χ1) is 29.5. The molecule has 14 nitrogen and oxygen atoms in total. The maximum Gasteiger partial charge on any atom is 0.305 e. The predicted molar refractivity (Wildman–Crippen MR) is 244 cm³/mol. The number of amides is 6. The monoisotopic (exact) mass is 865 g/mol. The maximum absolute atomic E-state index is 13.3. The van der Waals surface area contributed by atoms with E-state index in [0.717, 1.165) is 38.5 Å². The summed E-state index contributed by atoms with van der Waals surface area (Å²) in [5.74, 6) is -4.34. The second-order valence-electron chi connectivity index (χ2n) is 16.8. The van der Waals surface area contributed by atoms with Crippen molar-refractivity contribution in [2.75, 3.05) is 26.7 Å². The fraction of sp³-hybridized carbons (Fsp3) is 0.851. The second-order valence-corrected chi connectivity index (χ2v) is 16.8. The van der Waals surface area contributed by atoms with E-state index in [1.165, 1.54) is 129 Å². The van der Waals surface area contributed by atoms with E-state index in [0.29, 0.717) is 32.2 Å². The summed E-state index contributed by atoms with van der Waals surface area (Å²) < 4.78 is 0. The average molecular weight is 865 g/mol. The van der Waals surface area contributed by atoms with Crippen LogP contribution in [0.3, 0.4) is 0 Å². The van der Waals surface area contributed by atoms with E-state index in [9.17, 15) is 38.7 Å². The number of unbranched alkanes of at least 4 members (excludes halogenated alkanes) is 25. The largest absolute Gasteiger partial charge is 0.481 e. The first-order valence-corrected chi connectivity index (χ1v) is 24.4. The number of carboxylic acid groups (broad SMARTS) is 1. The number of carbonyl (C=O) groups excluding carboxylic acids is 6. The Bertz CT molecular complexity index is 1190. The van der Waals surface area contributed by atoms with Gasteiger partial charge in [-0.3, -0.25) is 33.6 Å². The van der Waals surface area contributed by atoms with Crippen LogP contribution in [0, 0.1) is 0 Å². The van der Waals surface area contributed by atoms with Crippen molar-refractivity contribution in [2.24, 2.45) is 0 Å². The van der Waals surface area contributed by atoms with Gasteiger partial charge in [-0.05, 0) is 32.1 Å². The molecule has 0 aliphatic carbocycles. The molecule has 14 heteroatoms.